The van der Waals surface area contributed by atoms with Crippen molar-refractivity contribution in [2.45, 2.75) is 26.4 Å². The van der Waals surface area contributed by atoms with Gasteiger partial charge in [-0.1, -0.05) is 0 Å². The Balaban J connectivity index is 3.88. The van der Waals surface area contributed by atoms with Crippen LogP contribution in [0.2, 0.25) is 0 Å². The monoisotopic (exact) mass is 267 g/mol. The average Bonchev–Trinajstić information content (AvgIpc) is 2.11. The highest BCUT2D eigenvalue weighted by molar-refractivity contribution is 7.91. The van der Waals surface area contributed by atoms with E-state index in [-0.39, 0.29) is 24.7 Å². The topological polar surface area (TPSA) is 81.7 Å². The number of nitrogens with one attached hydrogen (secondary N) is 1. The molecular weight excluding hydrogens is 246 g/mol. The number of alkyl carbamates (subject to hydrolysis) is 1. The molecule has 0 saturated carbocycles. The summed E-state index contributed by atoms with van der Waals surface area (Å²) in [4.78, 5) is 11.2. The summed E-state index contributed by atoms with van der Waals surface area (Å²) >= 11 is 0. The van der Waals surface area contributed by atoms with E-state index in [2.05, 4.69) is 10.1 Å². The molecule has 7 heteroatoms. The molecule has 0 aliphatic rings. The lowest BCUT2D eigenvalue weighted by atomic mass is 10.2. The molecule has 0 aliphatic carbocycles. The first-order valence-electron chi connectivity index (χ1n) is 5.32. The minimum absolute atomic E-state index is 0.0422. The van der Waals surface area contributed by atoms with Crippen LogP contribution >= 0.6 is 0 Å². The number of ether oxygens (including phenoxy) is 2. The maximum absolute atomic E-state index is 11.4. The summed E-state index contributed by atoms with van der Waals surface area (Å²) in [7, 11) is -1.74. The molecule has 0 unspecified atom stereocenters. The molecule has 0 bridgehead atoms. The van der Waals surface area contributed by atoms with Crippen LogP contribution in [0.1, 0.15) is 20.8 Å². The SMILES string of the molecule is COCCS(=O)(=O)CCNC(=O)OC(C)(C)C. The lowest BCUT2D eigenvalue weighted by Crippen LogP contribution is -2.35. The third-order valence-electron chi connectivity index (χ3n) is 1.68. The molecule has 0 aliphatic heterocycles. The third kappa shape index (κ3) is 10.1. The Labute approximate surface area is 103 Å². The van der Waals surface area contributed by atoms with E-state index in [0.717, 1.165) is 0 Å². The molecule has 1 N–H and O–H groups in total. The van der Waals surface area contributed by atoms with Crippen molar-refractivity contribution >= 4 is 15.9 Å². The molecule has 0 aromatic heterocycles. The number of hydrogen-bond acceptors (Lipinski definition) is 5. The molecule has 0 spiro atoms. The van der Waals surface area contributed by atoms with Gasteiger partial charge in [-0.15, -0.1) is 0 Å². The van der Waals surface area contributed by atoms with E-state index >= 15 is 0 Å². The minimum atomic E-state index is -3.18. The molecule has 0 aromatic carbocycles. The standard InChI is InChI=1S/C10H21NO5S/c1-10(2,3)16-9(12)11-5-7-17(13,14)8-6-15-4/h5-8H2,1-4H3,(H,11,12). The lowest BCUT2D eigenvalue weighted by molar-refractivity contribution is 0.0531. The third-order valence-corrected chi connectivity index (χ3v) is 3.29. The van der Waals surface area contributed by atoms with Gasteiger partial charge in [-0.05, 0) is 20.8 Å². The summed E-state index contributed by atoms with van der Waals surface area (Å²) < 4.78 is 32.4. The van der Waals surface area contributed by atoms with Gasteiger partial charge in [0.1, 0.15) is 5.60 Å². The predicted octanol–water partition coefficient (Wildman–Crippen LogP) is 0.572. The van der Waals surface area contributed by atoms with Crippen molar-refractivity contribution in [2.75, 3.05) is 31.8 Å². The summed E-state index contributed by atoms with van der Waals surface area (Å²) in [5, 5.41) is 2.39. The molecule has 0 radical (unpaired) electrons. The highest BCUT2D eigenvalue weighted by Crippen LogP contribution is 2.06. The molecule has 0 atom stereocenters. The van der Waals surface area contributed by atoms with E-state index in [4.69, 9.17) is 4.74 Å². The second-order valence-corrected chi connectivity index (χ2v) is 6.88. The van der Waals surface area contributed by atoms with Crippen molar-refractivity contribution < 1.29 is 22.7 Å². The minimum Gasteiger partial charge on any atom is -0.444 e. The van der Waals surface area contributed by atoms with Gasteiger partial charge in [-0.25, -0.2) is 13.2 Å². The Morgan fingerprint density at radius 3 is 2.29 bits per heavy atom. The first-order valence-corrected chi connectivity index (χ1v) is 7.14. The second kappa shape index (κ2) is 6.80. The fourth-order valence-corrected chi connectivity index (χ4v) is 1.97. The van der Waals surface area contributed by atoms with Crippen molar-refractivity contribution in [3.05, 3.63) is 0 Å². The number of hydrogen-bond donors (Lipinski definition) is 1. The zero-order valence-corrected chi connectivity index (χ0v) is 11.6. The maximum Gasteiger partial charge on any atom is 0.407 e. The summed E-state index contributed by atoms with van der Waals surface area (Å²) in [5.41, 5.74) is -0.584. The van der Waals surface area contributed by atoms with E-state index < -0.39 is 21.5 Å². The van der Waals surface area contributed by atoms with Crippen LogP contribution in [0.15, 0.2) is 0 Å². The number of amides is 1. The molecule has 0 rings (SSSR count). The Hall–Kier alpha value is -0.820. The van der Waals surface area contributed by atoms with Gasteiger partial charge in [-0.3, -0.25) is 0 Å². The van der Waals surface area contributed by atoms with Crippen LogP contribution in [0.4, 0.5) is 4.79 Å². The molecule has 0 heterocycles. The summed E-state index contributed by atoms with van der Waals surface area (Å²) in [5.74, 6) is -0.158. The first-order chi connectivity index (χ1) is 7.66. The van der Waals surface area contributed by atoms with Gasteiger partial charge in [0.15, 0.2) is 9.84 Å². The van der Waals surface area contributed by atoms with Crippen LogP contribution in [0.5, 0.6) is 0 Å². The molecule has 6 nitrogen and oxygen atoms in total. The van der Waals surface area contributed by atoms with Crippen molar-refractivity contribution in [3.63, 3.8) is 0 Å². The Morgan fingerprint density at radius 1 is 1.24 bits per heavy atom. The first kappa shape index (κ1) is 16.2. The lowest BCUT2D eigenvalue weighted by Gasteiger charge is -2.19. The fourth-order valence-electron chi connectivity index (χ4n) is 0.935. The number of rotatable bonds is 6. The molecule has 1 amide bonds. The Morgan fingerprint density at radius 2 is 1.82 bits per heavy atom. The molecule has 0 aromatic rings. The van der Waals surface area contributed by atoms with Gasteiger partial charge >= 0.3 is 6.09 Å². The zero-order chi connectivity index (χ0) is 13.5. The number of carbonyl (C=O) groups excluding carboxylic acids is 1. The highest BCUT2D eigenvalue weighted by atomic mass is 32.2. The van der Waals surface area contributed by atoms with Crippen LogP contribution in [-0.4, -0.2) is 51.9 Å². The van der Waals surface area contributed by atoms with E-state index in [1.165, 1.54) is 7.11 Å². The summed E-state index contributed by atoms with van der Waals surface area (Å²) in [6.45, 7) is 5.42. The van der Waals surface area contributed by atoms with Gasteiger partial charge < -0.3 is 14.8 Å². The van der Waals surface area contributed by atoms with E-state index in [9.17, 15) is 13.2 Å². The largest absolute Gasteiger partial charge is 0.444 e. The number of methoxy groups -OCH3 is 1. The van der Waals surface area contributed by atoms with Crippen molar-refractivity contribution in [1.82, 2.24) is 5.32 Å². The number of sulfone groups is 1. The van der Waals surface area contributed by atoms with Crippen LogP contribution in [0.3, 0.4) is 0 Å². The molecule has 17 heavy (non-hydrogen) atoms. The van der Waals surface area contributed by atoms with Gasteiger partial charge in [0, 0.05) is 13.7 Å². The van der Waals surface area contributed by atoms with E-state index in [1.54, 1.807) is 20.8 Å². The average molecular weight is 267 g/mol. The van der Waals surface area contributed by atoms with Crippen LogP contribution in [-0.2, 0) is 19.3 Å². The Bertz CT molecular complexity index is 331. The smallest absolute Gasteiger partial charge is 0.407 e. The van der Waals surface area contributed by atoms with Crippen molar-refractivity contribution in [1.29, 1.82) is 0 Å². The van der Waals surface area contributed by atoms with Gasteiger partial charge in [0.2, 0.25) is 0 Å². The number of carbonyl (C=O) groups is 1. The molecular formula is C10H21NO5S. The van der Waals surface area contributed by atoms with Gasteiger partial charge in [0.25, 0.3) is 0 Å². The zero-order valence-electron chi connectivity index (χ0n) is 10.8. The van der Waals surface area contributed by atoms with Crippen molar-refractivity contribution in [3.8, 4) is 0 Å². The quantitative estimate of drug-likeness (QED) is 0.761. The Kier molecular flexibility index (Phi) is 6.48. The van der Waals surface area contributed by atoms with Gasteiger partial charge in [0.05, 0.1) is 18.1 Å². The van der Waals surface area contributed by atoms with Crippen LogP contribution in [0.25, 0.3) is 0 Å². The van der Waals surface area contributed by atoms with Crippen molar-refractivity contribution in [2.24, 2.45) is 0 Å². The summed E-state index contributed by atoms with van der Waals surface area (Å²) in [6.07, 6.45) is -0.612. The molecule has 0 saturated heterocycles. The van der Waals surface area contributed by atoms with E-state index in [1.807, 2.05) is 0 Å². The second-order valence-electron chi connectivity index (χ2n) is 4.57. The maximum atomic E-state index is 11.4. The van der Waals surface area contributed by atoms with Crippen LogP contribution in [0, 0.1) is 0 Å². The predicted molar refractivity (Wildman–Crippen MR) is 64.8 cm³/mol. The molecule has 0 fully saturated rings. The van der Waals surface area contributed by atoms with Crippen LogP contribution < -0.4 is 5.32 Å². The van der Waals surface area contributed by atoms with Gasteiger partial charge in [-0.2, -0.15) is 0 Å². The molecule has 102 valence electrons. The highest BCUT2D eigenvalue weighted by Gasteiger charge is 2.16. The normalized spacial score (nSPS) is 12.2. The van der Waals surface area contributed by atoms with E-state index in [0.29, 0.717) is 0 Å². The fraction of sp³-hybridized carbons (Fsp3) is 0.900. The summed E-state index contributed by atoms with van der Waals surface area (Å²) in [6, 6.07) is 0.